The molecule has 5 atom stereocenters. The van der Waals surface area contributed by atoms with E-state index in [1.54, 1.807) is 0 Å². The molecule has 2 bridgehead atoms. The molecule has 2 N–H and O–H groups in total. The minimum absolute atomic E-state index is 0.0843. The summed E-state index contributed by atoms with van der Waals surface area (Å²) in [6.45, 7) is 23.4. The van der Waals surface area contributed by atoms with Crippen molar-refractivity contribution in [1.29, 1.82) is 0 Å². The first-order valence-corrected chi connectivity index (χ1v) is 9.99. The predicted molar refractivity (Wildman–Crippen MR) is 109 cm³/mol. The van der Waals surface area contributed by atoms with Gasteiger partial charge in [-0.3, -0.25) is 4.79 Å². The van der Waals surface area contributed by atoms with Crippen molar-refractivity contribution in [2.45, 2.75) is 87.5 Å². The number of carbonyl (C=O) groups is 1. The molecule has 2 nitrogen and oxygen atoms in total. The van der Waals surface area contributed by atoms with E-state index in [0.29, 0.717) is 0 Å². The standard InChI is InChI=1S/C13H23NO.C5H12.C2H6.C2H4/c1-8-4-10-5-11(9(8)2)7-13(3,6-10)12(14)15;1-4-5(2)3;2*1-2/h8-11H,4-7H2,1-3H3,(H2,14,15);5H,4H2,1-3H3;1-2H3;1-2H2. The lowest BCUT2D eigenvalue weighted by molar-refractivity contribution is -0.133. The van der Waals surface area contributed by atoms with Crippen molar-refractivity contribution in [2.24, 2.45) is 40.7 Å². The van der Waals surface area contributed by atoms with E-state index in [9.17, 15) is 4.79 Å². The third-order valence-electron chi connectivity index (χ3n) is 5.85. The molecule has 2 heteroatoms. The Hall–Kier alpha value is -0.790. The molecule has 1 amide bonds. The van der Waals surface area contributed by atoms with Gasteiger partial charge in [0.05, 0.1) is 0 Å². The quantitative estimate of drug-likeness (QED) is 0.577. The number of carbonyl (C=O) groups excluding carboxylic acids is 1. The molecule has 0 aromatic carbocycles. The molecule has 2 fully saturated rings. The van der Waals surface area contributed by atoms with E-state index in [0.717, 1.165) is 42.4 Å². The first-order chi connectivity index (χ1) is 11.2. The van der Waals surface area contributed by atoms with E-state index in [1.807, 2.05) is 13.8 Å². The Bertz CT molecular complexity index is 337. The number of amides is 1. The molecule has 5 unspecified atom stereocenters. The average molecular weight is 340 g/mol. The van der Waals surface area contributed by atoms with Crippen LogP contribution in [0.2, 0.25) is 0 Å². The minimum Gasteiger partial charge on any atom is -0.369 e. The van der Waals surface area contributed by atoms with Crippen molar-refractivity contribution in [1.82, 2.24) is 0 Å². The Balaban J connectivity index is 0. The van der Waals surface area contributed by atoms with Crippen molar-refractivity contribution < 1.29 is 4.79 Å². The Kier molecular flexibility index (Phi) is 13.3. The number of hydrogen-bond acceptors (Lipinski definition) is 1. The predicted octanol–water partition coefficient (Wildman–Crippen LogP) is 6.45. The van der Waals surface area contributed by atoms with Crippen LogP contribution in [-0.4, -0.2) is 5.91 Å². The second-order valence-corrected chi connectivity index (χ2v) is 8.07. The Morgan fingerprint density at radius 1 is 1.17 bits per heavy atom. The van der Waals surface area contributed by atoms with Gasteiger partial charge >= 0.3 is 0 Å². The summed E-state index contributed by atoms with van der Waals surface area (Å²) >= 11 is 0. The number of hydrogen-bond donors (Lipinski definition) is 1. The molecule has 0 aromatic heterocycles. The molecule has 144 valence electrons. The first kappa shape index (κ1) is 25.5. The molecule has 2 rings (SSSR count). The highest BCUT2D eigenvalue weighted by atomic mass is 16.1. The normalized spacial score (nSPS) is 33.7. The lowest BCUT2D eigenvalue weighted by Gasteiger charge is -2.49. The zero-order valence-electron chi connectivity index (χ0n) is 17.8. The van der Waals surface area contributed by atoms with Gasteiger partial charge in [-0.25, -0.2) is 0 Å². The highest BCUT2D eigenvalue weighted by Gasteiger charge is 2.46. The van der Waals surface area contributed by atoms with Crippen LogP contribution >= 0.6 is 0 Å². The lowest BCUT2D eigenvalue weighted by Crippen LogP contribution is -2.46. The van der Waals surface area contributed by atoms with E-state index in [-0.39, 0.29) is 11.3 Å². The number of rotatable bonds is 2. The second-order valence-electron chi connectivity index (χ2n) is 8.07. The van der Waals surface area contributed by atoms with E-state index >= 15 is 0 Å². The molecule has 2 aliphatic carbocycles. The zero-order valence-corrected chi connectivity index (χ0v) is 17.8. The van der Waals surface area contributed by atoms with E-state index in [1.165, 1.54) is 19.3 Å². The molecular weight excluding hydrogens is 294 g/mol. The SMILES string of the molecule is C=C.CC.CC1CC2CC(CC(C)(C(N)=O)C2)C1C.CCC(C)C. The summed E-state index contributed by atoms with van der Waals surface area (Å²) in [6.07, 6.45) is 5.97. The van der Waals surface area contributed by atoms with Gasteiger partial charge in [-0.05, 0) is 55.3 Å². The highest BCUT2D eigenvalue weighted by Crippen LogP contribution is 2.52. The summed E-state index contributed by atoms with van der Waals surface area (Å²) in [7, 11) is 0. The van der Waals surface area contributed by atoms with Crippen molar-refractivity contribution in [3.63, 3.8) is 0 Å². The van der Waals surface area contributed by atoms with Gasteiger partial charge in [0.1, 0.15) is 0 Å². The summed E-state index contributed by atoms with van der Waals surface area (Å²) in [4.78, 5) is 11.5. The molecule has 0 heterocycles. The maximum absolute atomic E-state index is 11.5. The molecule has 2 aliphatic rings. The van der Waals surface area contributed by atoms with E-state index in [4.69, 9.17) is 5.73 Å². The van der Waals surface area contributed by atoms with Gasteiger partial charge in [0.2, 0.25) is 5.91 Å². The highest BCUT2D eigenvalue weighted by molar-refractivity contribution is 5.80. The molecule has 0 radical (unpaired) electrons. The number of fused-ring (bicyclic) bond motifs is 2. The van der Waals surface area contributed by atoms with Gasteiger partial charge in [-0.1, -0.05) is 61.8 Å². The van der Waals surface area contributed by atoms with Crippen LogP contribution in [0.5, 0.6) is 0 Å². The van der Waals surface area contributed by atoms with Gasteiger partial charge in [-0.2, -0.15) is 0 Å². The van der Waals surface area contributed by atoms with Gasteiger partial charge in [0.25, 0.3) is 0 Å². The summed E-state index contributed by atoms with van der Waals surface area (Å²) in [5.74, 6) is 3.86. The zero-order chi connectivity index (χ0) is 19.5. The second kappa shape index (κ2) is 12.6. The van der Waals surface area contributed by atoms with E-state index in [2.05, 4.69) is 54.7 Å². The van der Waals surface area contributed by atoms with Crippen molar-refractivity contribution in [2.75, 3.05) is 0 Å². The average Bonchev–Trinajstić information content (AvgIpc) is 2.56. The van der Waals surface area contributed by atoms with Gasteiger partial charge in [0, 0.05) is 5.41 Å². The third-order valence-corrected chi connectivity index (χ3v) is 5.85. The van der Waals surface area contributed by atoms with Crippen molar-refractivity contribution in [3.8, 4) is 0 Å². The van der Waals surface area contributed by atoms with Crippen LogP contribution in [0.1, 0.15) is 87.5 Å². The maximum Gasteiger partial charge on any atom is 0.223 e. The fourth-order valence-corrected chi connectivity index (χ4v) is 3.88. The van der Waals surface area contributed by atoms with Gasteiger partial charge < -0.3 is 5.73 Å². The summed E-state index contributed by atoms with van der Waals surface area (Å²) < 4.78 is 0. The monoisotopic (exact) mass is 339 g/mol. The molecule has 0 saturated heterocycles. The Labute approximate surface area is 152 Å². The molecule has 2 saturated carbocycles. The Morgan fingerprint density at radius 2 is 1.62 bits per heavy atom. The van der Waals surface area contributed by atoms with E-state index < -0.39 is 0 Å². The Morgan fingerprint density at radius 3 is 2.00 bits per heavy atom. The largest absolute Gasteiger partial charge is 0.369 e. The molecule has 0 aliphatic heterocycles. The van der Waals surface area contributed by atoms with Gasteiger partial charge in [-0.15, -0.1) is 13.2 Å². The molecule has 0 spiro atoms. The van der Waals surface area contributed by atoms with Crippen LogP contribution in [0, 0.1) is 35.0 Å². The minimum atomic E-state index is -0.220. The lowest BCUT2D eigenvalue weighted by atomic mass is 9.56. The van der Waals surface area contributed by atoms with Crippen LogP contribution in [0.4, 0.5) is 0 Å². The van der Waals surface area contributed by atoms with Crippen LogP contribution in [0.3, 0.4) is 0 Å². The fraction of sp³-hybridized carbons (Fsp3) is 0.864. The topological polar surface area (TPSA) is 43.1 Å². The number of primary amides is 1. The van der Waals surface area contributed by atoms with Crippen LogP contribution in [-0.2, 0) is 4.79 Å². The van der Waals surface area contributed by atoms with Crippen LogP contribution in [0.15, 0.2) is 13.2 Å². The number of nitrogens with two attached hydrogens (primary N) is 1. The molecule has 0 aromatic rings. The molecular formula is C22H45NO. The smallest absolute Gasteiger partial charge is 0.223 e. The van der Waals surface area contributed by atoms with Crippen LogP contribution in [0.25, 0.3) is 0 Å². The summed E-state index contributed by atoms with van der Waals surface area (Å²) in [5, 5.41) is 0. The van der Waals surface area contributed by atoms with Gasteiger partial charge in [0.15, 0.2) is 0 Å². The van der Waals surface area contributed by atoms with Crippen molar-refractivity contribution in [3.05, 3.63) is 13.2 Å². The summed E-state index contributed by atoms with van der Waals surface area (Å²) in [5.41, 5.74) is 5.33. The fourth-order valence-electron chi connectivity index (χ4n) is 3.88. The van der Waals surface area contributed by atoms with Crippen molar-refractivity contribution >= 4 is 5.91 Å². The maximum atomic E-state index is 11.5. The third kappa shape index (κ3) is 7.85. The molecule has 24 heavy (non-hydrogen) atoms. The summed E-state index contributed by atoms with van der Waals surface area (Å²) in [6, 6.07) is 0. The van der Waals surface area contributed by atoms with Crippen LogP contribution < -0.4 is 5.73 Å². The first-order valence-electron chi connectivity index (χ1n) is 9.99.